The summed E-state index contributed by atoms with van der Waals surface area (Å²) in [6.45, 7) is 6.04. The number of hydrogen-bond donors (Lipinski definition) is 3. The molecule has 0 bridgehead atoms. The molecule has 11 nitrogen and oxygen atoms in total. The van der Waals surface area contributed by atoms with Gasteiger partial charge in [0.2, 0.25) is 0 Å². The molecule has 0 saturated heterocycles. The number of nitrogen functional groups attached to an aromatic ring is 1. The molecule has 0 fully saturated rings. The third-order valence-corrected chi connectivity index (χ3v) is 5.43. The van der Waals surface area contributed by atoms with E-state index in [0.29, 0.717) is 29.4 Å². The summed E-state index contributed by atoms with van der Waals surface area (Å²) in [5.74, 6) is -2.43. The molecule has 0 radical (unpaired) electrons. The summed E-state index contributed by atoms with van der Waals surface area (Å²) in [4.78, 5) is 12.0. The highest BCUT2D eigenvalue weighted by molar-refractivity contribution is 5.95. The van der Waals surface area contributed by atoms with Crippen LogP contribution in [0.5, 0.6) is 11.5 Å². The maximum absolute atomic E-state index is 15.8. The number of nitrogens with two attached hydrogens (primary N) is 1. The lowest BCUT2D eigenvalue weighted by molar-refractivity contribution is -0.192. The van der Waals surface area contributed by atoms with Gasteiger partial charge in [-0.3, -0.25) is 5.41 Å². The molecule has 0 spiro atoms. The van der Waals surface area contributed by atoms with Gasteiger partial charge in [-0.25, -0.2) is 9.18 Å². The maximum Gasteiger partial charge on any atom is 0.490 e. The number of carboxylic acids is 1. The molecule has 0 aliphatic heterocycles. The average Bonchev–Trinajstić information content (AvgIpc) is 3.42. The van der Waals surface area contributed by atoms with Crippen molar-refractivity contribution < 1.29 is 36.9 Å². The second kappa shape index (κ2) is 14.1. The van der Waals surface area contributed by atoms with Crippen LogP contribution in [0.4, 0.5) is 28.9 Å². The number of benzene rings is 3. The molecule has 0 saturated carbocycles. The number of rotatable bonds is 10. The van der Waals surface area contributed by atoms with Crippen molar-refractivity contribution in [3.63, 3.8) is 0 Å². The van der Waals surface area contributed by atoms with Crippen molar-refractivity contribution >= 4 is 23.2 Å². The Morgan fingerprint density at radius 1 is 1.12 bits per heavy atom. The number of tetrazole rings is 1. The summed E-state index contributed by atoms with van der Waals surface area (Å²) in [6, 6.07) is 19.5. The molecule has 0 unspecified atom stereocenters. The van der Waals surface area contributed by atoms with Crippen LogP contribution in [-0.4, -0.2) is 56.0 Å². The van der Waals surface area contributed by atoms with Gasteiger partial charge in [0, 0.05) is 23.4 Å². The minimum absolute atomic E-state index is 0.0577. The summed E-state index contributed by atoms with van der Waals surface area (Å²) >= 11 is 0. The Balaban J connectivity index is 0.000000646. The van der Waals surface area contributed by atoms with E-state index in [2.05, 4.69) is 15.4 Å². The quantitative estimate of drug-likeness (QED) is 0.125. The number of nitrogens with one attached hydrogen (secondary N) is 1. The molecular formula is C28H29F4N7O4. The number of para-hydroxylation sites is 1. The van der Waals surface area contributed by atoms with Gasteiger partial charge in [-0.2, -0.15) is 13.2 Å². The summed E-state index contributed by atoms with van der Waals surface area (Å²) in [5, 5.41) is 27.6. The zero-order valence-corrected chi connectivity index (χ0v) is 23.3. The van der Waals surface area contributed by atoms with Gasteiger partial charge in [0.15, 0.2) is 17.4 Å². The van der Waals surface area contributed by atoms with E-state index in [1.54, 1.807) is 41.3 Å². The number of halogens is 4. The number of nitrogens with zero attached hydrogens (tertiary/aromatic N) is 5. The Bertz CT molecular complexity index is 1530. The van der Waals surface area contributed by atoms with Crippen molar-refractivity contribution in [2.45, 2.75) is 39.6 Å². The van der Waals surface area contributed by atoms with E-state index >= 15 is 4.39 Å². The van der Waals surface area contributed by atoms with E-state index in [4.69, 9.17) is 30.5 Å². The zero-order valence-electron chi connectivity index (χ0n) is 23.3. The van der Waals surface area contributed by atoms with Crippen LogP contribution in [0, 0.1) is 11.2 Å². The molecule has 0 atom stereocenters. The minimum atomic E-state index is -5.08. The molecule has 4 rings (SSSR count). The largest absolute Gasteiger partial charge is 0.494 e. The summed E-state index contributed by atoms with van der Waals surface area (Å²) < 4.78 is 59.0. The number of carboxylic acid groups (broad SMARTS) is 1. The van der Waals surface area contributed by atoms with Crippen LogP contribution in [0.1, 0.15) is 32.2 Å². The van der Waals surface area contributed by atoms with Crippen LogP contribution in [0.2, 0.25) is 0 Å². The van der Waals surface area contributed by atoms with Gasteiger partial charge < -0.3 is 25.2 Å². The van der Waals surface area contributed by atoms with Gasteiger partial charge in [0.1, 0.15) is 11.6 Å². The first kappa shape index (κ1) is 32.3. The fourth-order valence-corrected chi connectivity index (χ4v) is 3.60. The van der Waals surface area contributed by atoms with Crippen LogP contribution < -0.4 is 20.1 Å². The topological polar surface area (TPSA) is 152 Å². The van der Waals surface area contributed by atoms with Gasteiger partial charge in [0.05, 0.1) is 30.6 Å². The highest BCUT2D eigenvalue weighted by Crippen LogP contribution is 2.38. The number of aliphatic carboxylic acids is 1. The fraction of sp³-hybridized carbons (Fsp3) is 0.250. The van der Waals surface area contributed by atoms with Crippen molar-refractivity contribution in [1.29, 1.82) is 5.41 Å². The first-order chi connectivity index (χ1) is 20.3. The number of ether oxygens (including phenoxy) is 2. The molecule has 15 heteroatoms. The Morgan fingerprint density at radius 3 is 2.28 bits per heavy atom. The van der Waals surface area contributed by atoms with E-state index in [-0.39, 0.29) is 29.9 Å². The van der Waals surface area contributed by atoms with E-state index in [1.165, 1.54) is 4.80 Å². The number of hydrogen-bond acceptors (Lipinski definition) is 8. The third-order valence-electron chi connectivity index (χ3n) is 5.43. The Morgan fingerprint density at radius 2 is 1.74 bits per heavy atom. The molecule has 228 valence electrons. The first-order valence-electron chi connectivity index (χ1n) is 12.8. The monoisotopic (exact) mass is 603 g/mol. The van der Waals surface area contributed by atoms with E-state index in [9.17, 15) is 13.2 Å². The van der Waals surface area contributed by atoms with Crippen molar-refractivity contribution in [2.75, 3.05) is 11.5 Å². The minimum Gasteiger partial charge on any atom is -0.494 e. The predicted octanol–water partition coefficient (Wildman–Crippen LogP) is 5.24. The van der Waals surface area contributed by atoms with Gasteiger partial charge in [0.25, 0.3) is 0 Å². The number of alkyl halides is 3. The summed E-state index contributed by atoms with van der Waals surface area (Å²) in [6.07, 6.45) is -5.32. The molecule has 0 aliphatic rings. The summed E-state index contributed by atoms with van der Waals surface area (Å²) in [7, 11) is 0. The van der Waals surface area contributed by atoms with E-state index in [1.807, 2.05) is 51.1 Å². The van der Waals surface area contributed by atoms with Gasteiger partial charge in [-0.15, -0.1) is 15.0 Å². The van der Waals surface area contributed by atoms with Gasteiger partial charge >= 0.3 is 12.1 Å². The number of anilines is 2. The molecule has 43 heavy (non-hydrogen) atoms. The molecule has 4 N–H and O–H groups in total. The van der Waals surface area contributed by atoms with E-state index in [0.717, 1.165) is 5.69 Å². The molecular weight excluding hydrogens is 574 g/mol. The lowest BCUT2D eigenvalue weighted by Crippen LogP contribution is -2.21. The van der Waals surface area contributed by atoms with Crippen LogP contribution >= 0.6 is 0 Å². The molecule has 1 aromatic heterocycles. The van der Waals surface area contributed by atoms with Gasteiger partial charge in [-0.05, 0) is 62.4 Å². The number of aromatic nitrogens is 4. The van der Waals surface area contributed by atoms with Crippen molar-refractivity contribution in [3.8, 4) is 17.2 Å². The van der Waals surface area contributed by atoms with Crippen molar-refractivity contribution in [2.24, 2.45) is 5.73 Å². The highest BCUT2D eigenvalue weighted by atomic mass is 19.4. The SMILES string of the molecule is CCOc1cc(OC(C)C)c(F)c(N(Cc2nnn(-c3ccccc3)n2)c2ccc(C(=N)N)cc2)c1.O=C(O)C(F)(F)F. The van der Waals surface area contributed by atoms with Crippen molar-refractivity contribution in [1.82, 2.24) is 20.2 Å². The Labute approximate surface area is 244 Å². The second-order valence-corrected chi connectivity index (χ2v) is 9.03. The lowest BCUT2D eigenvalue weighted by Gasteiger charge is -2.26. The molecule has 3 aromatic carbocycles. The number of carbonyl (C=O) groups is 1. The fourth-order valence-electron chi connectivity index (χ4n) is 3.60. The highest BCUT2D eigenvalue weighted by Gasteiger charge is 2.38. The number of amidine groups is 1. The maximum atomic E-state index is 15.8. The van der Waals surface area contributed by atoms with Gasteiger partial charge in [-0.1, -0.05) is 18.2 Å². The normalized spacial score (nSPS) is 11.0. The average molecular weight is 604 g/mol. The van der Waals surface area contributed by atoms with Crippen molar-refractivity contribution in [3.05, 3.63) is 83.9 Å². The first-order valence-corrected chi connectivity index (χ1v) is 12.8. The standard InChI is InChI=1S/C26H28FN7O2.C2HF3O2/c1-4-35-21-14-22(25(27)23(15-21)36-17(2)3)33(19-12-10-18(11-13-19)26(28)29)16-24-30-32-34(31-24)20-8-6-5-7-9-20;3-2(4,5)1(6)7/h5-15,17H,4,16H2,1-3H3,(H3,28,29);(H,6,7). The lowest BCUT2D eigenvalue weighted by atomic mass is 10.1. The summed E-state index contributed by atoms with van der Waals surface area (Å²) in [5.41, 5.74) is 7.80. The van der Waals surface area contributed by atoms with Crippen LogP contribution in [-0.2, 0) is 11.3 Å². The van der Waals surface area contributed by atoms with E-state index < -0.39 is 18.0 Å². The Hall–Kier alpha value is -5.21. The smallest absolute Gasteiger partial charge is 0.490 e. The Kier molecular flexibility index (Phi) is 10.6. The predicted molar refractivity (Wildman–Crippen MR) is 149 cm³/mol. The molecule has 1 heterocycles. The van der Waals surface area contributed by atoms with Crippen LogP contribution in [0.25, 0.3) is 5.69 Å². The van der Waals surface area contributed by atoms with Crippen LogP contribution in [0.15, 0.2) is 66.7 Å². The molecule has 4 aromatic rings. The molecule has 0 amide bonds. The van der Waals surface area contributed by atoms with Crippen LogP contribution in [0.3, 0.4) is 0 Å². The molecule has 0 aliphatic carbocycles. The third kappa shape index (κ3) is 8.89. The second-order valence-electron chi connectivity index (χ2n) is 9.03. The zero-order chi connectivity index (χ0) is 31.7.